The van der Waals surface area contributed by atoms with E-state index in [0.29, 0.717) is 11.6 Å². The number of carbonyl (C=O) groups excluding carboxylic acids is 1. The average Bonchev–Trinajstić information content (AvgIpc) is 3.02. The molecule has 1 saturated carbocycles. The van der Waals surface area contributed by atoms with E-state index in [-0.39, 0.29) is 11.9 Å². The third-order valence-electron chi connectivity index (χ3n) is 5.58. The number of anilines is 1. The zero-order chi connectivity index (χ0) is 18.4. The number of rotatable bonds is 4. The summed E-state index contributed by atoms with van der Waals surface area (Å²) in [5.74, 6) is 2.22. The van der Waals surface area contributed by atoms with Crippen LogP contribution in [-0.4, -0.2) is 66.8 Å². The second-order valence-corrected chi connectivity index (χ2v) is 7.21. The summed E-state index contributed by atoms with van der Waals surface area (Å²) in [4.78, 5) is 24.4. The maximum atomic E-state index is 12.5. The van der Waals surface area contributed by atoms with Crippen LogP contribution in [0, 0.1) is 0 Å². The fraction of sp³-hybridized carbons (Fsp3) is 0.444. The monoisotopic (exact) mass is 364 g/mol. The zero-order valence-corrected chi connectivity index (χ0v) is 15.1. The lowest BCUT2D eigenvalue weighted by Crippen LogP contribution is -2.60. The van der Waals surface area contributed by atoms with Crippen LogP contribution in [0.1, 0.15) is 41.5 Å². The van der Waals surface area contributed by atoms with E-state index in [1.54, 1.807) is 11.1 Å². The quantitative estimate of drug-likeness (QED) is 0.685. The van der Waals surface area contributed by atoms with Crippen molar-refractivity contribution < 1.29 is 4.79 Å². The third-order valence-corrected chi connectivity index (χ3v) is 5.58. The van der Waals surface area contributed by atoms with Crippen molar-refractivity contribution in [3.8, 4) is 0 Å². The van der Waals surface area contributed by atoms with Crippen LogP contribution < -0.4 is 4.90 Å². The molecule has 5 rings (SSSR count). The van der Waals surface area contributed by atoms with Crippen LogP contribution in [-0.2, 0) is 0 Å². The largest absolute Gasteiger partial charge is 0.351 e. The number of aromatic nitrogens is 6. The van der Waals surface area contributed by atoms with Gasteiger partial charge in [0.1, 0.15) is 11.5 Å². The molecule has 0 N–H and O–H groups in total. The number of fused-ring (bicyclic) bond motifs is 1. The van der Waals surface area contributed by atoms with Crippen LogP contribution >= 0.6 is 0 Å². The molecule has 2 aliphatic rings. The second kappa shape index (κ2) is 6.26. The topological polar surface area (TPSA) is 92.4 Å². The molecule has 0 spiro atoms. The molecule has 9 heteroatoms. The van der Waals surface area contributed by atoms with Gasteiger partial charge in [-0.1, -0.05) is 6.42 Å². The molecule has 9 nitrogen and oxygen atoms in total. The molecule has 0 unspecified atom stereocenters. The van der Waals surface area contributed by atoms with Crippen molar-refractivity contribution in [2.24, 2.45) is 0 Å². The summed E-state index contributed by atoms with van der Waals surface area (Å²) in [6.07, 6.45) is 8.16. The summed E-state index contributed by atoms with van der Waals surface area (Å²) in [6, 6.07) is 4.05. The summed E-state index contributed by atoms with van der Waals surface area (Å²) in [5, 5.41) is 13.3. The molecule has 0 aromatic carbocycles. The molecule has 3 aromatic heterocycles. The van der Waals surface area contributed by atoms with E-state index >= 15 is 0 Å². The highest BCUT2D eigenvalue weighted by Crippen LogP contribution is 2.35. The number of hydrogen-bond acceptors (Lipinski definition) is 7. The molecular weight excluding hydrogens is 344 g/mol. The van der Waals surface area contributed by atoms with E-state index < -0.39 is 0 Å². The zero-order valence-electron chi connectivity index (χ0n) is 15.1. The maximum Gasteiger partial charge on any atom is 0.274 e. The van der Waals surface area contributed by atoms with E-state index in [1.807, 2.05) is 23.7 Å². The van der Waals surface area contributed by atoms with Crippen molar-refractivity contribution in [2.45, 2.75) is 31.2 Å². The van der Waals surface area contributed by atoms with Crippen molar-refractivity contribution in [3.63, 3.8) is 0 Å². The van der Waals surface area contributed by atoms with Gasteiger partial charge in [0.05, 0.1) is 12.2 Å². The van der Waals surface area contributed by atoms with Gasteiger partial charge >= 0.3 is 0 Å². The standard InChI is InChI=1S/C18H20N8O/c1-24(18(27)14-9-19-7-8-20-14)13-10-25(11-13)16-6-5-15-21-22-17(26(15)23-16)12-3-2-4-12/h5-9,12-13H,2-4,10-11H2,1H3. The number of hydrogen-bond donors (Lipinski definition) is 0. The summed E-state index contributed by atoms with van der Waals surface area (Å²) >= 11 is 0. The minimum Gasteiger partial charge on any atom is -0.351 e. The number of nitrogens with zero attached hydrogens (tertiary/aromatic N) is 8. The molecule has 1 saturated heterocycles. The van der Waals surface area contributed by atoms with Gasteiger partial charge in [-0.05, 0) is 25.0 Å². The van der Waals surface area contributed by atoms with Crippen LogP contribution in [0.25, 0.3) is 5.65 Å². The van der Waals surface area contributed by atoms with Gasteiger partial charge in [0.2, 0.25) is 0 Å². The molecule has 1 amide bonds. The second-order valence-electron chi connectivity index (χ2n) is 7.21. The Kier molecular flexibility index (Phi) is 3.73. The lowest BCUT2D eigenvalue weighted by atomic mass is 9.85. The van der Waals surface area contributed by atoms with E-state index in [9.17, 15) is 4.79 Å². The molecule has 138 valence electrons. The Hall–Kier alpha value is -3.10. The molecule has 0 bridgehead atoms. The van der Waals surface area contributed by atoms with E-state index in [1.165, 1.54) is 18.8 Å². The first kappa shape index (κ1) is 16.1. The fourth-order valence-electron chi connectivity index (χ4n) is 3.53. The van der Waals surface area contributed by atoms with Gasteiger partial charge in [-0.3, -0.25) is 9.78 Å². The first-order valence-electron chi connectivity index (χ1n) is 9.21. The minimum absolute atomic E-state index is 0.109. The highest BCUT2D eigenvalue weighted by atomic mass is 16.2. The van der Waals surface area contributed by atoms with Gasteiger partial charge in [-0.2, -0.15) is 4.52 Å². The van der Waals surface area contributed by atoms with Crippen molar-refractivity contribution in [1.29, 1.82) is 0 Å². The highest BCUT2D eigenvalue weighted by Gasteiger charge is 2.34. The Morgan fingerprint density at radius 3 is 2.74 bits per heavy atom. The first-order valence-corrected chi connectivity index (χ1v) is 9.21. The highest BCUT2D eigenvalue weighted by molar-refractivity contribution is 5.92. The van der Waals surface area contributed by atoms with Gasteiger partial charge < -0.3 is 9.80 Å². The minimum atomic E-state index is -0.109. The van der Waals surface area contributed by atoms with E-state index in [4.69, 9.17) is 5.10 Å². The SMILES string of the molecule is CN(C(=O)c1cnccn1)C1CN(c2ccc3nnc(C4CCC4)n3n2)C1. The van der Waals surface area contributed by atoms with E-state index in [2.05, 4.69) is 25.1 Å². The van der Waals surface area contributed by atoms with Crippen molar-refractivity contribution in [3.05, 3.63) is 42.2 Å². The van der Waals surface area contributed by atoms with Crippen molar-refractivity contribution >= 4 is 17.4 Å². The summed E-state index contributed by atoms with van der Waals surface area (Å²) in [6.45, 7) is 1.48. The Morgan fingerprint density at radius 1 is 1.19 bits per heavy atom. The summed E-state index contributed by atoms with van der Waals surface area (Å²) in [7, 11) is 1.81. The van der Waals surface area contributed by atoms with Crippen molar-refractivity contribution in [1.82, 2.24) is 34.7 Å². The van der Waals surface area contributed by atoms with Gasteiger partial charge in [-0.15, -0.1) is 15.3 Å². The molecule has 0 radical (unpaired) electrons. The molecule has 27 heavy (non-hydrogen) atoms. The predicted molar refractivity (Wildman–Crippen MR) is 97.5 cm³/mol. The van der Waals surface area contributed by atoms with Crippen LogP contribution in [0.3, 0.4) is 0 Å². The van der Waals surface area contributed by atoms with Crippen LogP contribution in [0.5, 0.6) is 0 Å². The Morgan fingerprint density at radius 2 is 2.04 bits per heavy atom. The molecule has 1 aliphatic carbocycles. The molecule has 1 aliphatic heterocycles. The first-order chi connectivity index (χ1) is 13.2. The molecular formula is C18H20N8O. The Bertz CT molecular complexity index is 977. The van der Waals surface area contributed by atoms with Crippen LogP contribution in [0.2, 0.25) is 0 Å². The molecule has 2 fully saturated rings. The lowest BCUT2D eigenvalue weighted by molar-refractivity contribution is 0.0698. The maximum absolute atomic E-state index is 12.5. The van der Waals surface area contributed by atoms with Gasteiger partial charge in [0.25, 0.3) is 5.91 Å². The third kappa shape index (κ3) is 2.70. The molecule has 4 heterocycles. The van der Waals surface area contributed by atoms with Gasteiger partial charge in [-0.25, -0.2) is 4.98 Å². The van der Waals surface area contributed by atoms with Gasteiger partial charge in [0, 0.05) is 38.4 Å². The van der Waals surface area contributed by atoms with E-state index in [0.717, 1.165) is 43.2 Å². The Labute approximate surface area is 156 Å². The smallest absolute Gasteiger partial charge is 0.274 e. The molecule has 3 aromatic rings. The predicted octanol–water partition coefficient (Wildman–Crippen LogP) is 1.14. The Balaban J connectivity index is 1.29. The number of carbonyl (C=O) groups is 1. The normalized spacial score (nSPS) is 17.6. The summed E-state index contributed by atoms with van der Waals surface area (Å²) in [5.41, 5.74) is 1.15. The molecule has 0 atom stereocenters. The number of likely N-dealkylation sites (N-methyl/N-ethyl adjacent to an activating group) is 1. The van der Waals surface area contributed by atoms with Crippen LogP contribution in [0.4, 0.5) is 5.82 Å². The summed E-state index contributed by atoms with van der Waals surface area (Å²) < 4.78 is 1.88. The van der Waals surface area contributed by atoms with Gasteiger partial charge in [0.15, 0.2) is 11.5 Å². The number of amides is 1. The van der Waals surface area contributed by atoms with Crippen molar-refractivity contribution in [2.75, 3.05) is 25.0 Å². The fourth-order valence-corrected chi connectivity index (χ4v) is 3.53. The lowest BCUT2D eigenvalue weighted by Gasteiger charge is -2.44. The average molecular weight is 364 g/mol. The van der Waals surface area contributed by atoms with Crippen LogP contribution in [0.15, 0.2) is 30.7 Å².